The summed E-state index contributed by atoms with van der Waals surface area (Å²) in [4.78, 5) is 11.0. The fourth-order valence-electron chi connectivity index (χ4n) is 2.07. The van der Waals surface area contributed by atoms with Gasteiger partial charge < -0.3 is 15.3 Å². The summed E-state index contributed by atoms with van der Waals surface area (Å²) < 4.78 is 0. The minimum atomic E-state index is 0.212. The van der Waals surface area contributed by atoms with Gasteiger partial charge in [0.1, 0.15) is 18.0 Å². The number of hydrogen-bond acceptors (Lipinski definition) is 5. The van der Waals surface area contributed by atoms with Crippen LogP contribution in [0.1, 0.15) is 39.2 Å². The molecule has 0 fully saturated rings. The monoisotopic (exact) mass is 266 g/mol. The molecule has 1 aromatic heterocycles. The van der Waals surface area contributed by atoms with Crippen LogP contribution in [0.15, 0.2) is 6.33 Å². The Balaban J connectivity index is 2.97. The lowest BCUT2D eigenvalue weighted by molar-refractivity contribution is 0.289. The second kappa shape index (κ2) is 8.69. The Kier molecular flexibility index (Phi) is 7.18. The Morgan fingerprint density at radius 1 is 1.26 bits per heavy atom. The van der Waals surface area contributed by atoms with Crippen molar-refractivity contribution in [3.63, 3.8) is 0 Å². The van der Waals surface area contributed by atoms with Crippen molar-refractivity contribution < 1.29 is 5.11 Å². The summed E-state index contributed by atoms with van der Waals surface area (Å²) >= 11 is 0. The van der Waals surface area contributed by atoms with Gasteiger partial charge in [0, 0.05) is 31.8 Å². The Bertz CT molecular complexity index is 370. The van der Waals surface area contributed by atoms with Crippen LogP contribution in [0.2, 0.25) is 0 Å². The third-order valence-electron chi connectivity index (χ3n) is 3.09. The molecule has 0 unspecified atom stereocenters. The molecular formula is C14H26N4O. The first kappa shape index (κ1) is 15.7. The lowest BCUT2D eigenvalue weighted by Crippen LogP contribution is -2.27. The van der Waals surface area contributed by atoms with E-state index in [9.17, 15) is 0 Å². The van der Waals surface area contributed by atoms with Gasteiger partial charge in [-0.25, -0.2) is 9.97 Å². The first-order valence-electron chi connectivity index (χ1n) is 7.21. The minimum Gasteiger partial charge on any atom is -0.396 e. The van der Waals surface area contributed by atoms with E-state index in [1.807, 2.05) is 0 Å². The molecule has 0 amide bonds. The number of hydrogen-bond donors (Lipinski definition) is 2. The molecule has 1 aromatic rings. The molecule has 1 rings (SSSR count). The van der Waals surface area contributed by atoms with Crippen molar-refractivity contribution >= 4 is 11.6 Å². The molecule has 5 heteroatoms. The van der Waals surface area contributed by atoms with Crippen LogP contribution in [0.4, 0.5) is 11.6 Å². The highest BCUT2D eigenvalue weighted by Gasteiger charge is 2.14. The molecule has 5 nitrogen and oxygen atoms in total. The van der Waals surface area contributed by atoms with E-state index in [4.69, 9.17) is 5.11 Å². The summed E-state index contributed by atoms with van der Waals surface area (Å²) in [5, 5.41) is 12.3. The first-order chi connectivity index (χ1) is 9.28. The van der Waals surface area contributed by atoms with E-state index < -0.39 is 0 Å². The van der Waals surface area contributed by atoms with Gasteiger partial charge >= 0.3 is 0 Å². The van der Waals surface area contributed by atoms with Crippen LogP contribution in [0.5, 0.6) is 0 Å². The molecule has 0 spiro atoms. The maximum absolute atomic E-state index is 8.98. The molecule has 0 atom stereocenters. The fourth-order valence-corrected chi connectivity index (χ4v) is 2.07. The second-order valence-electron chi connectivity index (χ2n) is 4.46. The lowest BCUT2D eigenvalue weighted by atomic mass is 10.2. The number of aliphatic hydroxyl groups excluding tert-OH is 1. The molecular weight excluding hydrogens is 240 g/mol. The van der Waals surface area contributed by atoms with Gasteiger partial charge in [-0.05, 0) is 26.2 Å². The molecule has 0 aliphatic rings. The van der Waals surface area contributed by atoms with Crippen LogP contribution in [-0.2, 0) is 6.42 Å². The van der Waals surface area contributed by atoms with E-state index in [1.54, 1.807) is 6.33 Å². The van der Waals surface area contributed by atoms with Crippen molar-refractivity contribution in [2.24, 2.45) is 0 Å². The van der Waals surface area contributed by atoms with Gasteiger partial charge in [-0.1, -0.05) is 13.8 Å². The van der Waals surface area contributed by atoms with Crippen LogP contribution in [0.25, 0.3) is 0 Å². The SMILES string of the molecule is CCCNc1ncnc(N(CC)CCCO)c1CC. The zero-order valence-corrected chi connectivity index (χ0v) is 12.3. The van der Waals surface area contributed by atoms with Crippen LogP contribution in [0.3, 0.4) is 0 Å². The van der Waals surface area contributed by atoms with Gasteiger partial charge in [-0.2, -0.15) is 0 Å². The molecule has 0 aromatic carbocycles. The largest absolute Gasteiger partial charge is 0.396 e. The van der Waals surface area contributed by atoms with Crippen LogP contribution >= 0.6 is 0 Å². The molecule has 0 aliphatic carbocycles. The first-order valence-corrected chi connectivity index (χ1v) is 7.21. The minimum absolute atomic E-state index is 0.212. The molecule has 2 N–H and O–H groups in total. The fraction of sp³-hybridized carbons (Fsp3) is 0.714. The van der Waals surface area contributed by atoms with Gasteiger partial charge in [0.15, 0.2) is 0 Å². The summed E-state index contributed by atoms with van der Waals surface area (Å²) in [5.41, 5.74) is 1.16. The smallest absolute Gasteiger partial charge is 0.137 e. The van der Waals surface area contributed by atoms with Crippen molar-refractivity contribution in [2.45, 2.75) is 40.0 Å². The lowest BCUT2D eigenvalue weighted by Gasteiger charge is -2.25. The predicted octanol–water partition coefficient (Wildman–Crippen LogP) is 2.07. The third kappa shape index (κ3) is 4.35. The van der Waals surface area contributed by atoms with E-state index in [0.717, 1.165) is 56.1 Å². The van der Waals surface area contributed by atoms with Crippen molar-refractivity contribution in [2.75, 3.05) is 36.5 Å². The zero-order valence-electron chi connectivity index (χ0n) is 12.3. The molecule has 0 saturated heterocycles. The average Bonchev–Trinajstić information content (AvgIpc) is 2.45. The van der Waals surface area contributed by atoms with Crippen molar-refractivity contribution in [1.82, 2.24) is 9.97 Å². The highest BCUT2D eigenvalue weighted by atomic mass is 16.3. The predicted molar refractivity (Wildman–Crippen MR) is 79.8 cm³/mol. The summed E-state index contributed by atoms with van der Waals surface area (Å²) in [6, 6.07) is 0. The van der Waals surface area contributed by atoms with Gasteiger partial charge in [0.2, 0.25) is 0 Å². The van der Waals surface area contributed by atoms with Crippen LogP contribution < -0.4 is 10.2 Å². The van der Waals surface area contributed by atoms with Crippen LogP contribution in [0, 0.1) is 0 Å². The van der Waals surface area contributed by atoms with Gasteiger partial charge in [-0.3, -0.25) is 0 Å². The second-order valence-corrected chi connectivity index (χ2v) is 4.46. The highest BCUT2D eigenvalue weighted by molar-refractivity contribution is 5.58. The zero-order chi connectivity index (χ0) is 14.1. The number of anilines is 2. The number of nitrogens with one attached hydrogen (secondary N) is 1. The van der Waals surface area contributed by atoms with E-state index in [1.165, 1.54) is 0 Å². The van der Waals surface area contributed by atoms with Crippen molar-refractivity contribution in [1.29, 1.82) is 0 Å². The number of rotatable bonds is 9. The van der Waals surface area contributed by atoms with Crippen molar-refractivity contribution in [3.05, 3.63) is 11.9 Å². The third-order valence-corrected chi connectivity index (χ3v) is 3.09. The molecule has 1 heterocycles. The normalized spacial score (nSPS) is 10.5. The Morgan fingerprint density at radius 3 is 2.63 bits per heavy atom. The maximum Gasteiger partial charge on any atom is 0.137 e. The van der Waals surface area contributed by atoms with Gasteiger partial charge in [0.25, 0.3) is 0 Å². The average molecular weight is 266 g/mol. The maximum atomic E-state index is 8.98. The van der Waals surface area contributed by atoms with Crippen LogP contribution in [-0.4, -0.2) is 41.3 Å². The Labute approximate surface area is 116 Å². The Hall–Kier alpha value is -1.36. The molecule has 0 radical (unpaired) electrons. The quantitative estimate of drug-likeness (QED) is 0.716. The topological polar surface area (TPSA) is 61.3 Å². The molecule has 0 bridgehead atoms. The van der Waals surface area contributed by atoms with Crippen molar-refractivity contribution in [3.8, 4) is 0 Å². The van der Waals surface area contributed by atoms with E-state index in [2.05, 4.69) is 41.0 Å². The van der Waals surface area contributed by atoms with Gasteiger partial charge in [-0.15, -0.1) is 0 Å². The summed E-state index contributed by atoms with van der Waals surface area (Å²) in [6.07, 6.45) is 4.36. The summed E-state index contributed by atoms with van der Waals surface area (Å²) in [5.74, 6) is 1.93. The molecule has 108 valence electrons. The van der Waals surface area contributed by atoms with E-state index in [0.29, 0.717) is 0 Å². The van der Waals surface area contributed by atoms with Gasteiger partial charge in [0.05, 0.1) is 0 Å². The summed E-state index contributed by atoms with van der Waals surface area (Å²) in [7, 11) is 0. The standard InChI is InChI=1S/C14H26N4O/c1-4-8-15-13-12(5-2)14(17-11-16-13)18(6-3)9-7-10-19/h11,19H,4-10H2,1-3H3,(H,15,16,17). The molecule has 0 aliphatic heterocycles. The summed E-state index contributed by atoms with van der Waals surface area (Å²) in [6.45, 7) is 9.22. The Morgan fingerprint density at radius 2 is 2.05 bits per heavy atom. The highest BCUT2D eigenvalue weighted by Crippen LogP contribution is 2.24. The van der Waals surface area contributed by atoms with E-state index >= 15 is 0 Å². The molecule has 19 heavy (non-hydrogen) atoms. The number of nitrogens with zero attached hydrogens (tertiary/aromatic N) is 3. The number of aliphatic hydroxyl groups is 1. The van der Waals surface area contributed by atoms with E-state index in [-0.39, 0.29) is 6.61 Å². The molecule has 0 saturated carbocycles. The number of aromatic nitrogens is 2.